The monoisotopic (exact) mass is 341 g/mol. The van der Waals surface area contributed by atoms with Gasteiger partial charge in [0.1, 0.15) is 5.82 Å². The lowest BCUT2D eigenvalue weighted by molar-refractivity contribution is -0.131. The molecule has 1 aliphatic rings. The second kappa shape index (κ2) is 7.43. The molecule has 0 bridgehead atoms. The first kappa shape index (κ1) is 17.9. The maximum atomic E-state index is 13.6. The average molecular weight is 341 g/mol. The van der Waals surface area contributed by atoms with Gasteiger partial charge in [0.2, 0.25) is 5.91 Å². The zero-order valence-corrected chi connectivity index (χ0v) is 14.5. The predicted molar refractivity (Wildman–Crippen MR) is 88.3 cm³/mol. The third-order valence-electron chi connectivity index (χ3n) is 4.45. The SMILES string of the molecule is CC(C)S(=O)(=O)CC1CCN(C(=O)Cc2ccccc2F)CC1. The van der Waals surface area contributed by atoms with E-state index < -0.39 is 9.84 Å². The molecule has 0 saturated carbocycles. The van der Waals surface area contributed by atoms with E-state index in [9.17, 15) is 17.6 Å². The number of hydrogen-bond acceptors (Lipinski definition) is 3. The van der Waals surface area contributed by atoms with Crippen LogP contribution in [0.1, 0.15) is 32.3 Å². The van der Waals surface area contributed by atoms with Crippen LogP contribution in [0.5, 0.6) is 0 Å². The molecule has 128 valence electrons. The molecular formula is C17H24FNO3S. The Morgan fingerprint density at radius 1 is 1.26 bits per heavy atom. The number of carbonyl (C=O) groups is 1. The summed E-state index contributed by atoms with van der Waals surface area (Å²) in [6.07, 6.45) is 1.44. The second-order valence-electron chi connectivity index (χ2n) is 6.47. The Kier molecular flexibility index (Phi) is 5.79. The van der Waals surface area contributed by atoms with E-state index in [1.807, 2.05) is 0 Å². The fourth-order valence-electron chi connectivity index (χ4n) is 2.79. The Bertz CT molecular complexity index is 650. The molecule has 1 amide bonds. The van der Waals surface area contributed by atoms with Crippen LogP contribution in [0.3, 0.4) is 0 Å². The molecule has 1 aromatic carbocycles. The minimum absolute atomic E-state index is 0.0572. The van der Waals surface area contributed by atoms with Crippen molar-refractivity contribution in [3.63, 3.8) is 0 Å². The van der Waals surface area contributed by atoms with E-state index in [1.165, 1.54) is 6.07 Å². The number of halogens is 1. The third kappa shape index (κ3) is 4.77. The zero-order chi connectivity index (χ0) is 17.0. The average Bonchev–Trinajstić information content (AvgIpc) is 2.49. The van der Waals surface area contributed by atoms with Gasteiger partial charge in [-0.3, -0.25) is 4.79 Å². The molecule has 1 fully saturated rings. The van der Waals surface area contributed by atoms with Gasteiger partial charge in [0.15, 0.2) is 9.84 Å². The number of amides is 1. The molecule has 4 nitrogen and oxygen atoms in total. The first-order chi connectivity index (χ1) is 10.8. The van der Waals surface area contributed by atoms with Crippen molar-refractivity contribution in [3.05, 3.63) is 35.6 Å². The topological polar surface area (TPSA) is 54.5 Å². The van der Waals surface area contributed by atoms with Gasteiger partial charge in [-0.05, 0) is 44.2 Å². The van der Waals surface area contributed by atoms with Crippen LogP contribution in [0.2, 0.25) is 0 Å². The van der Waals surface area contributed by atoms with Crippen molar-refractivity contribution in [3.8, 4) is 0 Å². The van der Waals surface area contributed by atoms with Crippen molar-refractivity contribution in [1.29, 1.82) is 0 Å². The van der Waals surface area contributed by atoms with Gasteiger partial charge in [-0.15, -0.1) is 0 Å². The van der Waals surface area contributed by atoms with Crippen molar-refractivity contribution in [2.45, 2.75) is 38.4 Å². The molecule has 1 aromatic rings. The van der Waals surface area contributed by atoms with E-state index in [-0.39, 0.29) is 35.1 Å². The highest BCUT2D eigenvalue weighted by molar-refractivity contribution is 7.91. The standard InChI is InChI=1S/C17H24FNO3S/c1-13(2)23(21,22)12-14-7-9-19(10-8-14)17(20)11-15-5-3-4-6-16(15)18/h3-6,13-14H,7-12H2,1-2H3. The minimum atomic E-state index is -3.04. The third-order valence-corrected chi connectivity index (χ3v) is 6.83. The molecule has 23 heavy (non-hydrogen) atoms. The highest BCUT2D eigenvalue weighted by atomic mass is 32.2. The van der Waals surface area contributed by atoms with Crippen LogP contribution in [0.25, 0.3) is 0 Å². The van der Waals surface area contributed by atoms with Gasteiger partial charge in [-0.2, -0.15) is 0 Å². The molecule has 2 rings (SSSR count). The Labute approximate surface area is 137 Å². The fourth-order valence-corrected chi connectivity index (χ4v) is 4.16. The number of carbonyl (C=O) groups excluding carboxylic acids is 1. The number of likely N-dealkylation sites (tertiary alicyclic amines) is 1. The van der Waals surface area contributed by atoms with Crippen LogP contribution in [-0.4, -0.2) is 43.3 Å². The van der Waals surface area contributed by atoms with Crippen LogP contribution < -0.4 is 0 Å². The number of rotatable bonds is 5. The molecule has 0 spiro atoms. The van der Waals surface area contributed by atoms with Gasteiger partial charge in [0.05, 0.1) is 17.4 Å². The van der Waals surface area contributed by atoms with E-state index in [1.54, 1.807) is 36.9 Å². The van der Waals surface area contributed by atoms with E-state index in [2.05, 4.69) is 0 Å². The van der Waals surface area contributed by atoms with Gasteiger partial charge in [-0.1, -0.05) is 18.2 Å². The minimum Gasteiger partial charge on any atom is -0.342 e. The Morgan fingerprint density at radius 2 is 1.87 bits per heavy atom. The maximum Gasteiger partial charge on any atom is 0.227 e. The molecule has 0 aliphatic carbocycles. The van der Waals surface area contributed by atoms with E-state index in [4.69, 9.17) is 0 Å². The summed E-state index contributed by atoms with van der Waals surface area (Å²) in [6.45, 7) is 4.49. The maximum absolute atomic E-state index is 13.6. The highest BCUT2D eigenvalue weighted by Gasteiger charge is 2.28. The zero-order valence-electron chi connectivity index (χ0n) is 13.7. The van der Waals surface area contributed by atoms with Crippen molar-refractivity contribution < 1.29 is 17.6 Å². The predicted octanol–water partition coefficient (Wildman–Crippen LogP) is 2.43. The van der Waals surface area contributed by atoms with E-state index in [0.717, 1.165) is 0 Å². The Balaban J connectivity index is 1.87. The van der Waals surface area contributed by atoms with Crippen LogP contribution >= 0.6 is 0 Å². The molecule has 0 unspecified atom stereocenters. The summed E-state index contributed by atoms with van der Waals surface area (Å²) in [6, 6.07) is 6.29. The fraction of sp³-hybridized carbons (Fsp3) is 0.588. The number of sulfone groups is 1. The lowest BCUT2D eigenvalue weighted by Gasteiger charge is -2.32. The molecule has 0 atom stereocenters. The first-order valence-corrected chi connectivity index (χ1v) is 9.74. The molecule has 0 radical (unpaired) electrons. The summed E-state index contributed by atoms with van der Waals surface area (Å²) in [7, 11) is -3.04. The Morgan fingerprint density at radius 3 is 2.43 bits per heavy atom. The van der Waals surface area contributed by atoms with Crippen LogP contribution in [0.15, 0.2) is 24.3 Å². The molecular weight excluding hydrogens is 317 g/mol. The number of benzene rings is 1. The first-order valence-electron chi connectivity index (χ1n) is 8.02. The summed E-state index contributed by atoms with van der Waals surface area (Å²) in [5, 5.41) is -0.358. The molecule has 0 aromatic heterocycles. The van der Waals surface area contributed by atoms with Crippen molar-refractivity contribution in [1.82, 2.24) is 4.90 Å². The molecule has 0 N–H and O–H groups in total. The second-order valence-corrected chi connectivity index (χ2v) is 9.07. The van der Waals surface area contributed by atoms with Crippen LogP contribution in [0.4, 0.5) is 4.39 Å². The summed E-state index contributed by atoms with van der Waals surface area (Å²) in [4.78, 5) is 14.0. The van der Waals surface area contributed by atoms with Gasteiger partial charge in [0.25, 0.3) is 0 Å². The summed E-state index contributed by atoms with van der Waals surface area (Å²) in [5.41, 5.74) is 0.405. The summed E-state index contributed by atoms with van der Waals surface area (Å²) < 4.78 is 37.5. The van der Waals surface area contributed by atoms with Gasteiger partial charge in [0, 0.05) is 13.1 Å². The van der Waals surface area contributed by atoms with Gasteiger partial charge >= 0.3 is 0 Å². The summed E-state index contributed by atoms with van der Waals surface area (Å²) >= 11 is 0. The number of piperidine rings is 1. The van der Waals surface area contributed by atoms with E-state index >= 15 is 0 Å². The Hall–Kier alpha value is -1.43. The van der Waals surface area contributed by atoms with Crippen molar-refractivity contribution in [2.75, 3.05) is 18.8 Å². The quantitative estimate of drug-likeness (QED) is 0.826. The molecule has 1 aliphatic heterocycles. The van der Waals surface area contributed by atoms with Crippen LogP contribution in [0, 0.1) is 11.7 Å². The van der Waals surface area contributed by atoms with Gasteiger partial charge in [-0.25, -0.2) is 12.8 Å². The molecule has 1 saturated heterocycles. The molecule has 1 heterocycles. The normalized spacial score (nSPS) is 16.8. The number of hydrogen-bond donors (Lipinski definition) is 0. The smallest absolute Gasteiger partial charge is 0.227 e. The molecule has 6 heteroatoms. The van der Waals surface area contributed by atoms with Gasteiger partial charge < -0.3 is 4.90 Å². The number of nitrogens with zero attached hydrogens (tertiary/aromatic N) is 1. The van der Waals surface area contributed by atoms with E-state index in [0.29, 0.717) is 31.5 Å². The summed E-state index contributed by atoms with van der Waals surface area (Å²) in [5.74, 6) is -0.154. The van der Waals surface area contributed by atoms with Crippen molar-refractivity contribution >= 4 is 15.7 Å². The lowest BCUT2D eigenvalue weighted by atomic mass is 9.98. The largest absolute Gasteiger partial charge is 0.342 e. The van der Waals surface area contributed by atoms with Crippen molar-refractivity contribution in [2.24, 2.45) is 5.92 Å². The van der Waals surface area contributed by atoms with Crippen LogP contribution in [-0.2, 0) is 21.1 Å². The highest BCUT2D eigenvalue weighted by Crippen LogP contribution is 2.21. The lowest BCUT2D eigenvalue weighted by Crippen LogP contribution is -2.41.